The molecule has 31 heavy (non-hydrogen) atoms. The van der Waals surface area contributed by atoms with Gasteiger partial charge in [-0.15, -0.1) is 16.8 Å². The van der Waals surface area contributed by atoms with E-state index in [0.29, 0.717) is 23.5 Å². The highest BCUT2D eigenvalue weighted by Gasteiger charge is 2.43. The van der Waals surface area contributed by atoms with E-state index in [4.69, 9.17) is 0 Å². The number of nitrogens with zero attached hydrogens (tertiary/aromatic N) is 4. The number of thiazole rings is 1. The van der Waals surface area contributed by atoms with E-state index in [1.54, 1.807) is 0 Å². The molecule has 1 aliphatic rings. The van der Waals surface area contributed by atoms with Gasteiger partial charge in [-0.2, -0.15) is 0 Å². The van der Waals surface area contributed by atoms with Crippen molar-refractivity contribution in [2.24, 2.45) is 0 Å². The van der Waals surface area contributed by atoms with Gasteiger partial charge >= 0.3 is 0 Å². The molecule has 0 radical (unpaired) electrons. The molecule has 2 aromatic carbocycles. The smallest absolute Gasteiger partial charge is 0.236 e. The molecule has 2 atom stereocenters. The number of aromatic nitrogens is 4. The number of nitrogens with one attached hydrogen (secondary N) is 1. The van der Waals surface area contributed by atoms with Gasteiger partial charge in [0.2, 0.25) is 5.91 Å². The lowest BCUT2D eigenvalue weighted by molar-refractivity contribution is -0.113. The third-order valence-corrected chi connectivity index (χ3v) is 7.20. The second-order valence-electron chi connectivity index (χ2n) is 7.42. The molecular weight excluding hydrogens is 426 g/mol. The average Bonchev–Trinajstić information content (AvgIpc) is 3.32. The topological polar surface area (TPSA) is 72.7 Å². The highest BCUT2D eigenvalue weighted by atomic mass is 32.2. The number of anilines is 1. The van der Waals surface area contributed by atoms with Crippen molar-refractivity contribution in [2.45, 2.75) is 30.0 Å². The minimum Gasteiger partial charge on any atom is -0.302 e. The summed E-state index contributed by atoms with van der Waals surface area (Å²) < 4.78 is 3.13. The Bertz CT molecular complexity index is 1200. The van der Waals surface area contributed by atoms with Crippen molar-refractivity contribution < 1.29 is 4.79 Å². The van der Waals surface area contributed by atoms with Gasteiger partial charge in [-0.05, 0) is 30.0 Å². The Kier molecular flexibility index (Phi) is 5.57. The van der Waals surface area contributed by atoms with Crippen LogP contribution in [0.4, 0.5) is 5.13 Å². The first-order valence-corrected chi connectivity index (χ1v) is 11.9. The highest BCUT2D eigenvalue weighted by molar-refractivity contribution is 7.99. The number of hydrogen-bond donors (Lipinski definition) is 1. The summed E-state index contributed by atoms with van der Waals surface area (Å²) in [6, 6.07) is 18.4. The number of carbonyl (C=O) groups excluding carboxylic acids is 1. The van der Waals surface area contributed by atoms with Gasteiger partial charge in [0.05, 0.1) is 16.0 Å². The van der Waals surface area contributed by atoms with Crippen molar-refractivity contribution in [1.29, 1.82) is 0 Å². The van der Waals surface area contributed by atoms with Gasteiger partial charge in [0.1, 0.15) is 5.82 Å². The van der Waals surface area contributed by atoms with Gasteiger partial charge in [-0.25, -0.2) is 4.98 Å². The zero-order valence-corrected chi connectivity index (χ0v) is 18.4. The minimum absolute atomic E-state index is 0.104. The van der Waals surface area contributed by atoms with Crippen molar-refractivity contribution in [1.82, 2.24) is 19.7 Å². The number of carbonyl (C=O) groups is 1. The highest BCUT2D eigenvalue weighted by Crippen LogP contribution is 2.54. The van der Waals surface area contributed by atoms with E-state index in [-0.39, 0.29) is 11.7 Å². The third kappa shape index (κ3) is 4.26. The molecule has 4 aromatic rings. The van der Waals surface area contributed by atoms with Gasteiger partial charge in [0, 0.05) is 12.5 Å². The zero-order chi connectivity index (χ0) is 21.2. The third-order valence-electron chi connectivity index (χ3n) is 5.28. The summed E-state index contributed by atoms with van der Waals surface area (Å²) in [4.78, 5) is 16.9. The molecule has 1 fully saturated rings. The molecule has 0 bridgehead atoms. The standard InChI is InChI=1S/C23H21N5OS2/c1-2-12-28-21(17-13-16(17)15-8-4-3-5-9-15)26-27-23(28)30-14-20(29)25-22-24-18-10-6-7-11-19(18)31-22/h2-11,16-17H,1,12-14H2,(H,24,25,29). The van der Waals surface area contributed by atoms with E-state index in [1.165, 1.54) is 28.7 Å². The van der Waals surface area contributed by atoms with Gasteiger partial charge in [0.15, 0.2) is 10.3 Å². The molecule has 156 valence electrons. The molecule has 0 spiro atoms. The fourth-order valence-corrected chi connectivity index (χ4v) is 5.38. The molecular formula is C23H21N5OS2. The lowest BCUT2D eigenvalue weighted by atomic mass is 10.1. The Morgan fingerprint density at radius 1 is 1.16 bits per heavy atom. The maximum absolute atomic E-state index is 12.5. The SMILES string of the molecule is C=CCn1c(SCC(=O)Nc2nc3ccccc3s2)nnc1C1CC1c1ccccc1. The van der Waals surface area contributed by atoms with Crippen LogP contribution < -0.4 is 5.32 Å². The number of thioether (sulfide) groups is 1. The van der Waals surface area contributed by atoms with Gasteiger partial charge in [0.25, 0.3) is 0 Å². The van der Waals surface area contributed by atoms with Crippen LogP contribution in [0.15, 0.2) is 72.4 Å². The average molecular weight is 448 g/mol. The normalized spacial score (nSPS) is 17.5. The summed E-state index contributed by atoms with van der Waals surface area (Å²) >= 11 is 2.86. The number of amides is 1. The molecule has 2 unspecified atom stereocenters. The van der Waals surface area contributed by atoms with Crippen molar-refractivity contribution in [3.63, 3.8) is 0 Å². The molecule has 1 saturated carbocycles. The van der Waals surface area contributed by atoms with Crippen LogP contribution in [0.5, 0.6) is 0 Å². The van der Waals surface area contributed by atoms with Crippen molar-refractivity contribution >= 4 is 44.4 Å². The number of para-hydroxylation sites is 1. The van der Waals surface area contributed by atoms with Crippen LogP contribution in [0, 0.1) is 0 Å². The maximum atomic E-state index is 12.5. The first-order chi connectivity index (χ1) is 15.2. The lowest BCUT2D eigenvalue weighted by Crippen LogP contribution is -2.14. The molecule has 1 amide bonds. The fourth-order valence-electron chi connectivity index (χ4n) is 3.74. The van der Waals surface area contributed by atoms with Gasteiger partial charge < -0.3 is 9.88 Å². The molecule has 6 nitrogen and oxygen atoms in total. The first kappa shape index (κ1) is 20.0. The van der Waals surface area contributed by atoms with Crippen LogP contribution in [0.3, 0.4) is 0 Å². The Balaban J connectivity index is 1.25. The van der Waals surface area contributed by atoms with Crippen molar-refractivity contribution in [2.75, 3.05) is 11.1 Å². The summed E-state index contributed by atoms with van der Waals surface area (Å²) in [7, 11) is 0. The largest absolute Gasteiger partial charge is 0.302 e. The number of hydrogen-bond acceptors (Lipinski definition) is 6. The molecule has 8 heteroatoms. The Morgan fingerprint density at radius 2 is 1.97 bits per heavy atom. The summed E-state index contributed by atoms with van der Waals surface area (Å²) in [6.07, 6.45) is 2.92. The second kappa shape index (κ2) is 8.64. The van der Waals surface area contributed by atoms with Crippen LogP contribution in [0.1, 0.15) is 29.6 Å². The molecule has 2 heterocycles. The summed E-state index contributed by atoms with van der Waals surface area (Å²) in [5.74, 6) is 1.96. The second-order valence-corrected chi connectivity index (χ2v) is 9.40. The van der Waals surface area contributed by atoms with Crippen molar-refractivity contribution in [3.05, 3.63) is 78.6 Å². The van der Waals surface area contributed by atoms with Crippen LogP contribution in [-0.2, 0) is 11.3 Å². The zero-order valence-electron chi connectivity index (χ0n) is 16.8. The van der Waals surface area contributed by atoms with E-state index < -0.39 is 0 Å². The van der Waals surface area contributed by atoms with Crippen molar-refractivity contribution in [3.8, 4) is 0 Å². The van der Waals surface area contributed by atoms with E-state index in [1.807, 2.05) is 36.4 Å². The Hall–Kier alpha value is -2.97. The Morgan fingerprint density at radius 3 is 2.77 bits per heavy atom. The van der Waals surface area contributed by atoms with Gasteiger partial charge in [-0.3, -0.25) is 4.79 Å². The monoisotopic (exact) mass is 447 g/mol. The Labute approximate surface area is 188 Å². The summed E-state index contributed by atoms with van der Waals surface area (Å²) in [6.45, 7) is 4.50. The molecule has 5 rings (SSSR count). The minimum atomic E-state index is -0.104. The van der Waals surface area contributed by atoms with Gasteiger partial charge in [-0.1, -0.05) is 71.6 Å². The quantitative estimate of drug-likeness (QED) is 0.301. The molecule has 2 aromatic heterocycles. The van der Waals surface area contributed by atoms with Crippen LogP contribution in [-0.4, -0.2) is 31.4 Å². The first-order valence-electron chi connectivity index (χ1n) is 10.1. The fraction of sp³-hybridized carbons (Fsp3) is 0.217. The predicted octanol–water partition coefficient (Wildman–Crippen LogP) is 5.08. The van der Waals surface area contributed by atoms with Crippen LogP contribution in [0.25, 0.3) is 10.2 Å². The summed E-state index contributed by atoms with van der Waals surface area (Å²) in [5.41, 5.74) is 2.23. The molecule has 0 saturated heterocycles. The van der Waals surface area contributed by atoms with E-state index in [2.05, 4.69) is 55.9 Å². The van der Waals surface area contributed by atoms with E-state index in [9.17, 15) is 4.79 Å². The van der Waals surface area contributed by atoms with E-state index in [0.717, 1.165) is 27.6 Å². The number of benzene rings is 2. The number of fused-ring (bicyclic) bond motifs is 1. The molecule has 1 aliphatic carbocycles. The lowest BCUT2D eigenvalue weighted by Gasteiger charge is -2.07. The molecule has 1 N–H and O–H groups in total. The summed E-state index contributed by atoms with van der Waals surface area (Å²) in [5, 5.41) is 13.1. The van der Waals surface area contributed by atoms with Crippen LogP contribution >= 0.6 is 23.1 Å². The predicted molar refractivity (Wildman–Crippen MR) is 126 cm³/mol. The molecule has 0 aliphatic heterocycles. The maximum Gasteiger partial charge on any atom is 0.236 e. The van der Waals surface area contributed by atoms with E-state index >= 15 is 0 Å². The van der Waals surface area contributed by atoms with Crippen LogP contribution in [0.2, 0.25) is 0 Å². The number of allylic oxidation sites excluding steroid dienone is 1. The number of rotatable bonds is 8.